The SMILES string of the molecule is CCCNCCCCN(N)N. The van der Waals surface area contributed by atoms with Crippen LogP contribution in [0.3, 0.4) is 0 Å². The Kier molecular flexibility index (Phi) is 7.83. The summed E-state index contributed by atoms with van der Waals surface area (Å²) < 4.78 is 0. The molecule has 0 unspecified atom stereocenters. The largest absolute Gasteiger partial charge is 0.317 e. The highest BCUT2D eigenvalue weighted by Gasteiger charge is 1.90. The van der Waals surface area contributed by atoms with E-state index in [4.69, 9.17) is 11.7 Å². The van der Waals surface area contributed by atoms with Gasteiger partial charge >= 0.3 is 0 Å². The maximum absolute atomic E-state index is 5.22. The topological polar surface area (TPSA) is 67.3 Å². The zero-order chi connectivity index (χ0) is 8.53. The monoisotopic (exact) mass is 160 g/mol. The maximum atomic E-state index is 5.22. The third-order valence-corrected chi connectivity index (χ3v) is 1.45. The number of hydrogen-bond acceptors (Lipinski definition) is 4. The van der Waals surface area contributed by atoms with Crippen molar-refractivity contribution in [3.63, 3.8) is 0 Å². The van der Waals surface area contributed by atoms with Crippen LogP contribution in [-0.2, 0) is 0 Å². The van der Waals surface area contributed by atoms with Gasteiger partial charge in [0.1, 0.15) is 0 Å². The lowest BCUT2D eigenvalue weighted by molar-refractivity contribution is 0.286. The second kappa shape index (κ2) is 7.94. The number of unbranched alkanes of at least 4 members (excludes halogenated alkanes) is 1. The van der Waals surface area contributed by atoms with Gasteiger partial charge < -0.3 is 5.32 Å². The highest BCUT2D eigenvalue weighted by atomic mass is 15.6. The molecule has 0 saturated carbocycles. The minimum atomic E-state index is 0.772. The Morgan fingerprint density at radius 2 is 1.91 bits per heavy atom. The van der Waals surface area contributed by atoms with E-state index in [-0.39, 0.29) is 0 Å². The molecule has 68 valence electrons. The van der Waals surface area contributed by atoms with E-state index in [0.717, 1.165) is 32.5 Å². The lowest BCUT2D eigenvalue weighted by Gasteiger charge is -2.08. The van der Waals surface area contributed by atoms with Gasteiger partial charge in [-0.05, 0) is 32.4 Å². The predicted octanol–water partition coefficient (Wildman–Crippen LogP) is -0.184. The first-order valence-corrected chi connectivity index (χ1v) is 4.25. The average Bonchev–Trinajstić information content (AvgIpc) is 1.96. The normalized spacial score (nSPS) is 10.9. The van der Waals surface area contributed by atoms with Crippen LogP contribution in [-0.4, -0.2) is 24.8 Å². The van der Waals surface area contributed by atoms with Gasteiger partial charge in [0.15, 0.2) is 0 Å². The van der Waals surface area contributed by atoms with Gasteiger partial charge in [0.25, 0.3) is 0 Å². The Morgan fingerprint density at radius 1 is 1.18 bits per heavy atom. The molecule has 0 aliphatic carbocycles. The van der Waals surface area contributed by atoms with Crippen molar-refractivity contribution in [3.8, 4) is 0 Å². The molecule has 5 N–H and O–H groups in total. The molecule has 0 aliphatic heterocycles. The molecular formula is C7H20N4. The average molecular weight is 160 g/mol. The van der Waals surface area contributed by atoms with E-state index in [1.54, 1.807) is 0 Å². The summed E-state index contributed by atoms with van der Waals surface area (Å²) in [6, 6.07) is 0. The van der Waals surface area contributed by atoms with Crippen LogP contribution in [0.4, 0.5) is 0 Å². The van der Waals surface area contributed by atoms with E-state index in [1.165, 1.54) is 11.5 Å². The molecule has 0 saturated heterocycles. The molecule has 0 aliphatic rings. The number of nitrogens with zero attached hydrogens (tertiary/aromatic N) is 1. The van der Waals surface area contributed by atoms with Gasteiger partial charge in [0.2, 0.25) is 0 Å². The van der Waals surface area contributed by atoms with Crippen LogP contribution in [0.2, 0.25) is 0 Å². The van der Waals surface area contributed by atoms with E-state index < -0.39 is 0 Å². The van der Waals surface area contributed by atoms with Gasteiger partial charge in [0, 0.05) is 6.54 Å². The quantitative estimate of drug-likeness (QED) is 0.274. The van der Waals surface area contributed by atoms with Crippen LogP contribution >= 0.6 is 0 Å². The molecule has 0 fully saturated rings. The van der Waals surface area contributed by atoms with Crippen molar-refractivity contribution in [2.45, 2.75) is 26.2 Å². The van der Waals surface area contributed by atoms with Crippen molar-refractivity contribution < 1.29 is 0 Å². The van der Waals surface area contributed by atoms with E-state index in [0.29, 0.717) is 0 Å². The number of nitrogens with two attached hydrogens (primary N) is 2. The minimum absolute atomic E-state index is 0.772. The molecule has 0 radical (unpaired) electrons. The van der Waals surface area contributed by atoms with Crippen molar-refractivity contribution in [1.82, 2.24) is 10.4 Å². The fraction of sp³-hybridized carbons (Fsp3) is 1.00. The fourth-order valence-corrected chi connectivity index (χ4v) is 0.846. The first-order chi connectivity index (χ1) is 5.27. The first kappa shape index (κ1) is 10.8. The van der Waals surface area contributed by atoms with Crippen molar-refractivity contribution in [1.29, 1.82) is 0 Å². The third-order valence-electron chi connectivity index (χ3n) is 1.45. The highest BCUT2D eigenvalue weighted by Crippen LogP contribution is 1.86. The first-order valence-electron chi connectivity index (χ1n) is 4.25. The lowest BCUT2D eigenvalue weighted by Crippen LogP contribution is -2.38. The molecule has 0 spiro atoms. The fourth-order valence-electron chi connectivity index (χ4n) is 0.846. The number of hydrogen-bond donors (Lipinski definition) is 3. The molecule has 0 aromatic carbocycles. The molecule has 0 aromatic heterocycles. The third kappa shape index (κ3) is 9.84. The summed E-state index contributed by atoms with van der Waals surface area (Å²) in [7, 11) is 0. The zero-order valence-corrected chi connectivity index (χ0v) is 7.34. The Labute approximate surface area is 68.9 Å². The van der Waals surface area contributed by atoms with Crippen molar-refractivity contribution >= 4 is 0 Å². The summed E-state index contributed by atoms with van der Waals surface area (Å²) in [5, 5.41) is 4.54. The predicted molar refractivity (Wildman–Crippen MR) is 47.5 cm³/mol. The molecule has 0 heterocycles. The molecule has 0 bridgehead atoms. The second-order valence-electron chi connectivity index (χ2n) is 2.69. The summed E-state index contributed by atoms with van der Waals surface area (Å²) in [6.07, 6.45) is 3.40. The van der Waals surface area contributed by atoms with Crippen LogP contribution in [0.25, 0.3) is 0 Å². The van der Waals surface area contributed by atoms with Crippen molar-refractivity contribution in [3.05, 3.63) is 0 Å². The second-order valence-corrected chi connectivity index (χ2v) is 2.69. The summed E-state index contributed by atoms with van der Waals surface area (Å²) >= 11 is 0. The van der Waals surface area contributed by atoms with E-state index in [2.05, 4.69) is 12.2 Å². The van der Waals surface area contributed by atoms with E-state index in [9.17, 15) is 0 Å². The van der Waals surface area contributed by atoms with Crippen LogP contribution in [0.5, 0.6) is 0 Å². The van der Waals surface area contributed by atoms with E-state index >= 15 is 0 Å². The minimum Gasteiger partial charge on any atom is -0.317 e. The van der Waals surface area contributed by atoms with Crippen LogP contribution in [0.1, 0.15) is 26.2 Å². The molecule has 0 amide bonds. The molecule has 4 nitrogen and oxygen atoms in total. The van der Waals surface area contributed by atoms with Crippen molar-refractivity contribution in [2.75, 3.05) is 19.6 Å². The summed E-state index contributed by atoms with van der Waals surface area (Å²) in [5.74, 6) is 10.4. The standard InChI is InChI=1S/C7H20N4/c1-2-5-10-6-3-4-7-11(8)9/h10H,2-9H2,1H3. The summed E-state index contributed by atoms with van der Waals surface area (Å²) in [4.78, 5) is 0. The molecule has 11 heavy (non-hydrogen) atoms. The van der Waals surface area contributed by atoms with Gasteiger partial charge in [-0.3, -0.25) is 11.7 Å². The highest BCUT2D eigenvalue weighted by molar-refractivity contribution is 4.47. The Morgan fingerprint density at radius 3 is 2.45 bits per heavy atom. The van der Waals surface area contributed by atoms with Gasteiger partial charge in [-0.2, -0.15) is 5.12 Å². The number of hydrazine groups is 2. The molecular weight excluding hydrogens is 140 g/mol. The van der Waals surface area contributed by atoms with Gasteiger partial charge in [-0.25, -0.2) is 0 Å². The maximum Gasteiger partial charge on any atom is 0.0283 e. The summed E-state index contributed by atoms with van der Waals surface area (Å²) in [5.41, 5.74) is 0. The lowest BCUT2D eigenvalue weighted by atomic mass is 10.3. The summed E-state index contributed by atoms with van der Waals surface area (Å²) in [6.45, 7) is 5.11. The molecule has 4 heteroatoms. The molecule has 0 rings (SSSR count). The van der Waals surface area contributed by atoms with Crippen LogP contribution < -0.4 is 17.0 Å². The van der Waals surface area contributed by atoms with Crippen LogP contribution in [0.15, 0.2) is 0 Å². The zero-order valence-electron chi connectivity index (χ0n) is 7.34. The van der Waals surface area contributed by atoms with Crippen LogP contribution in [0, 0.1) is 0 Å². The number of nitrogens with one attached hydrogen (secondary N) is 1. The molecule has 0 aromatic rings. The molecule has 0 atom stereocenters. The van der Waals surface area contributed by atoms with Gasteiger partial charge in [0.05, 0.1) is 0 Å². The smallest absolute Gasteiger partial charge is 0.0283 e. The number of rotatable bonds is 7. The Hall–Kier alpha value is -0.160. The van der Waals surface area contributed by atoms with Gasteiger partial charge in [-0.15, -0.1) is 0 Å². The van der Waals surface area contributed by atoms with Gasteiger partial charge in [-0.1, -0.05) is 6.92 Å². The Balaban J connectivity index is 2.80. The van der Waals surface area contributed by atoms with Crippen molar-refractivity contribution in [2.24, 2.45) is 11.7 Å². The van der Waals surface area contributed by atoms with E-state index in [1.807, 2.05) is 0 Å². The Bertz CT molecular complexity index is 74.8.